The van der Waals surface area contributed by atoms with Gasteiger partial charge in [-0.25, -0.2) is 0 Å². The molecule has 0 heterocycles. The third kappa shape index (κ3) is 4.76. The molecule has 0 bridgehead atoms. The predicted octanol–water partition coefficient (Wildman–Crippen LogP) is 3.77. The normalized spacial score (nSPS) is 20.3. The number of carbonyl (C=O) groups excluding carboxylic acids is 1. The van der Waals surface area contributed by atoms with Gasteiger partial charge in [0.2, 0.25) is 5.91 Å². The van der Waals surface area contributed by atoms with Crippen molar-refractivity contribution in [1.82, 2.24) is 5.32 Å². The summed E-state index contributed by atoms with van der Waals surface area (Å²) in [4.78, 5) is 11.9. The van der Waals surface area contributed by atoms with Gasteiger partial charge in [-0.2, -0.15) is 0 Å². The fourth-order valence-corrected chi connectivity index (χ4v) is 2.92. The summed E-state index contributed by atoms with van der Waals surface area (Å²) in [6, 6.07) is 6.37. The standard InChI is InChI=1S/C18H27NO2/c1-13-5-6-16(11-14(13)2)21-10-8-17(20)19-15-7-9-18(3,4)12-15/h5-6,11,15H,7-10,12H2,1-4H3,(H,19,20). The number of amides is 1. The number of nitrogens with one attached hydrogen (secondary N) is 1. The molecule has 2 rings (SSSR count). The van der Waals surface area contributed by atoms with E-state index in [9.17, 15) is 4.79 Å². The highest BCUT2D eigenvalue weighted by Gasteiger charge is 2.31. The molecule has 1 aromatic carbocycles. The molecule has 1 N–H and O–H groups in total. The molecule has 1 fully saturated rings. The van der Waals surface area contributed by atoms with E-state index in [2.05, 4.69) is 33.0 Å². The van der Waals surface area contributed by atoms with E-state index in [-0.39, 0.29) is 5.91 Å². The molecule has 1 unspecified atom stereocenters. The first kappa shape index (κ1) is 15.9. The second-order valence-electron chi connectivity index (χ2n) is 7.02. The summed E-state index contributed by atoms with van der Waals surface area (Å²) in [7, 11) is 0. The van der Waals surface area contributed by atoms with Crippen LogP contribution in [-0.2, 0) is 4.79 Å². The van der Waals surface area contributed by atoms with Crippen molar-refractivity contribution in [3.8, 4) is 5.75 Å². The number of hydrogen-bond donors (Lipinski definition) is 1. The lowest BCUT2D eigenvalue weighted by Gasteiger charge is -2.18. The van der Waals surface area contributed by atoms with Gasteiger partial charge < -0.3 is 10.1 Å². The van der Waals surface area contributed by atoms with Crippen molar-refractivity contribution in [1.29, 1.82) is 0 Å². The van der Waals surface area contributed by atoms with Crippen LogP contribution in [0.3, 0.4) is 0 Å². The van der Waals surface area contributed by atoms with Crippen LogP contribution in [0, 0.1) is 19.3 Å². The Hall–Kier alpha value is -1.51. The van der Waals surface area contributed by atoms with Crippen LogP contribution in [0.25, 0.3) is 0 Å². The zero-order chi connectivity index (χ0) is 15.5. The molecule has 0 radical (unpaired) electrons. The maximum Gasteiger partial charge on any atom is 0.223 e. The maximum atomic E-state index is 11.9. The van der Waals surface area contributed by atoms with Crippen molar-refractivity contribution in [2.45, 2.75) is 59.4 Å². The lowest BCUT2D eigenvalue weighted by Crippen LogP contribution is -2.34. The van der Waals surface area contributed by atoms with E-state index in [1.165, 1.54) is 17.5 Å². The Kier molecular flexibility index (Phi) is 4.92. The molecule has 0 spiro atoms. The number of carbonyl (C=O) groups is 1. The van der Waals surface area contributed by atoms with Crippen molar-refractivity contribution in [3.63, 3.8) is 0 Å². The summed E-state index contributed by atoms with van der Waals surface area (Å²) >= 11 is 0. The Morgan fingerprint density at radius 1 is 1.33 bits per heavy atom. The van der Waals surface area contributed by atoms with E-state index in [1.54, 1.807) is 0 Å². The summed E-state index contributed by atoms with van der Waals surface area (Å²) in [5, 5.41) is 3.12. The molecule has 1 atom stereocenters. The van der Waals surface area contributed by atoms with Gasteiger partial charge in [0.1, 0.15) is 5.75 Å². The average molecular weight is 289 g/mol. The summed E-state index contributed by atoms with van der Waals surface area (Å²) in [6.07, 6.45) is 3.79. The molecule has 0 aromatic heterocycles. The zero-order valence-electron chi connectivity index (χ0n) is 13.7. The molecule has 1 aromatic rings. The van der Waals surface area contributed by atoms with Crippen LogP contribution in [0.1, 0.15) is 50.7 Å². The van der Waals surface area contributed by atoms with Crippen LogP contribution >= 0.6 is 0 Å². The van der Waals surface area contributed by atoms with Crippen LogP contribution in [0.15, 0.2) is 18.2 Å². The Labute approximate surface area is 128 Å². The Bertz CT molecular complexity index is 508. The van der Waals surface area contributed by atoms with Gasteiger partial charge in [-0.05, 0) is 61.8 Å². The van der Waals surface area contributed by atoms with E-state index < -0.39 is 0 Å². The van der Waals surface area contributed by atoms with Gasteiger partial charge in [-0.15, -0.1) is 0 Å². The first-order valence-corrected chi connectivity index (χ1v) is 7.85. The molecule has 3 nitrogen and oxygen atoms in total. The fraction of sp³-hybridized carbons (Fsp3) is 0.611. The van der Waals surface area contributed by atoms with Gasteiger partial charge in [0.15, 0.2) is 0 Å². The quantitative estimate of drug-likeness (QED) is 0.896. The third-order valence-corrected chi connectivity index (χ3v) is 4.41. The number of ether oxygens (including phenoxy) is 1. The monoisotopic (exact) mass is 289 g/mol. The molecular formula is C18H27NO2. The molecule has 1 aliphatic carbocycles. The zero-order valence-corrected chi connectivity index (χ0v) is 13.7. The van der Waals surface area contributed by atoms with E-state index in [0.717, 1.165) is 18.6 Å². The predicted molar refractivity (Wildman–Crippen MR) is 85.6 cm³/mol. The number of aryl methyl sites for hydroxylation is 2. The van der Waals surface area contributed by atoms with Crippen molar-refractivity contribution >= 4 is 5.91 Å². The second-order valence-corrected chi connectivity index (χ2v) is 7.02. The second kappa shape index (κ2) is 6.50. The molecule has 0 saturated heterocycles. The summed E-state index contributed by atoms with van der Waals surface area (Å²) < 4.78 is 5.66. The minimum Gasteiger partial charge on any atom is -0.493 e. The van der Waals surface area contributed by atoms with Gasteiger partial charge in [0, 0.05) is 6.04 Å². The molecule has 1 aliphatic rings. The summed E-state index contributed by atoms with van der Waals surface area (Å²) in [5.74, 6) is 0.939. The molecule has 3 heteroatoms. The smallest absolute Gasteiger partial charge is 0.223 e. The number of hydrogen-bond acceptors (Lipinski definition) is 2. The minimum atomic E-state index is 0.0986. The van der Waals surface area contributed by atoms with Gasteiger partial charge in [-0.3, -0.25) is 4.79 Å². The van der Waals surface area contributed by atoms with Crippen LogP contribution in [0.2, 0.25) is 0 Å². The first-order chi connectivity index (χ1) is 9.85. The maximum absolute atomic E-state index is 11.9. The topological polar surface area (TPSA) is 38.3 Å². The highest BCUT2D eigenvalue weighted by Crippen LogP contribution is 2.36. The first-order valence-electron chi connectivity index (χ1n) is 7.85. The van der Waals surface area contributed by atoms with Crippen molar-refractivity contribution < 1.29 is 9.53 Å². The lowest BCUT2D eigenvalue weighted by atomic mass is 9.92. The summed E-state index contributed by atoms with van der Waals surface area (Å²) in [5.41, 5.74) is 2.84. The largest absolute Gasteiger partial charge is 0.493 e. The Morgan fingerprint density at radius 3 is 2.71 bits per heavy atom. The van der Waals surface area contributed by atoms with Crippen molar-refractivity contribution in [2.75, 3.05) is 6.61 Å². The number of benzene rings is 1. The molecule has 1 saturated carbocycles. The third-order valence-electron chi connectivity index (χ3n) is 4.41. The fourth-order valence-electron chi connectivity index (χ4n) is 2.92. The van der Waals surface area contributed by atoms with Gasteiger partial charge in [-0.1, -0.05) is 19.9 Å². The summed E-state index contributed by atoms with van der Waals surface area (Å²) in [6.45, 7) is 9.11. The van der Waals surface area contributed by atoms with Crippen molar-refractivity contribution in [3.05, 3.63) is 29.3 Å². The van der Waals surface area contributed by atoms with E-state index in [4.69, 9.17) is 4.74 Å². The molecule has 1 amide bonds. The highest BCUT2D eigenvalue weighted by molar-refractivity contribution is 5.76. The lowest BCUT2D eigenvalue weighted by molar-refractivity contribution is -0.122. The average Bonchev–Trinajstić information content (AvgIpc) is 2.73. The molecular weight excluding hydrogens is 262 g/mol. The van der Waals surface area contributed by atoms with Crippen molar-refractivity contribution in [2.24, 2.45) is 5.41 Å². The van der Waals surface area contributed by atoms with Crippen LogP contribution in [0.5, 0.6) is 5.75 Å². The minimum absolute atomic E-state index is 0.0986. The Morgan fingerprint density at radius 2 is 2.10 bits per heavy atom. The molecule has 21 heavy (non-hydrogen) atoms. The van der Waals surface area contributed by atoms with Crippen LogP contribution in [0.4, 0.5) is 0 Å². The SMILES string of the molecule is Cc1ccc(OCCC(=O)NC2CCC(C)(C)C2)cc1C. The van der Waals surface area contributed by atoms with Gasteiger partial charge in [0.25, 0.3) is 0 Å². The number of rotatable bonds is 5. The van der Waals surface area contributed by atoms with E-state index in [0.29, 0.717) is 24.5 Å². The van der Waals surface area contributed by atoms with Gasteiger partial charge in [0.05, 0.1) is 13.0 Å². The molecule has 0 aliphatic heterocycles. The van der Waals surface area contributed by atoms with Crippen LogP contribution in [-0.4, -0.2) is 18.6 Å². The van der Waals surface area contributed by atoms with Gasteiger partial charge >= 0.3 is 0 Å². The van der Waals surface area contributed by atoms with E-state index >= 15 is 0 Å². The molecule has 116 valence electrons. The van der Waals surface area contributed by atoms with Crippen LogP contribution < -0.4 is 10.1 Å². The Balaban J connectivity index is 1.71. The highest BCUT2D eigenvalue weighted by atomic mass is 16.5. The van der Waals surface area contributed by atoms with E-state index in [1.807, 2.05) is 18.2 Å².